The Labute approximate surface area is 283 Å². The molecule has 0 bridgehead atoms. The third-order valence-corrected chi connectivity index (χ3v) is 8.33. The fraction of sp³-hybridized carbons (Fsp3) is 0.516. The molecule has 0 spiro atoms. The first-order valence-corrected chi connectivity index (χ1v) is 16.7. The monoisotopic (exact) mass is 713 g/mol. The predicted molar refractivity (Wildman–Crippen MR) is 172 cm³/mol. The highest BCUT2D eigenvalue weighted by molar-refractivity contribution is 7.98. The van der Waals surface area contributed by atoms with E-state index in [4.69, 9.17) is 4.42 Å². The number of carbonyl (C=O) groups excluding carboxylic acids is 6. The summed E-state index contributed by atoms with van der Waals surface area (Å²) < 4.78 is 49.7. The van der Waals surface area contributed by atoms with Gasteiger partial charge in [-0.3, -0.25) is 28.8 Å². The molecule has 1 fully saturated rings. The molecule has 0 saturated carbocycles. The van der Waals surface area contributed by atoms with Gasteiger partial charge in [0.1, 0.15) is 29.8 Å². The number of halogens is 3. The average molecular weight is 714 g/mol. The summed E-state index contributed by atoms with van der Waals surface area (Å²) in [5, 5.41) is 9.79. The second-order valence-corrected chi connectivity index (χ2v) is 12.3. The van der Waals surface area contributed by atoms with Crippen LogP contribution in [0.3, 0.4) is 0 Å². The number of anilines is 1. The van der Waals surface area contributed by atoms with Crippen LogP contribution in [0.4, 0.5) is 18.9 Å². The molecule has 49 heavy (non-hydrogen) atoms. The molecule has 5 amide bonds. The van der Waals surface area contributed by atoms with E-state index in [1.165, 1.54) is 43.7 Å². The molecule has 0 radical (unpaired) electrons. The van der Waals surface area contributed by atoms with Crippen LogP contribution >= 0.6 is 11.8 Å². The Morgan fingerprint density at radius 2 is 1.73 bits per heavy atom. The zero-order valence-corrected chi connectivity index (χ0v) is 28.0. The van der Waals surface area contributed by atoms with Gasteiger partial charge in [0.2, 0.25) is 29.5 Å². The highest BCUT2D eigenvalue weighted by Gasteiger charge is 2.38. The zero-order chi connectivity index (χ0) is 36.5. The molecule has 2 heterocycles. The average Bonchev–Trinajstić information content (AvgIpc) is 3.54. The van der Waals surface area contributed by atoms with Crippen LogP contribution < -0.4 is 26.9 Å². The van der Waals surface area contributed by atoms with E-state index in [1.54, 1.807) is 6.26 Å². The van der Waals surface area contributed by atoms with Crippen molar-refractivity contribution in [2.24, 2.45) is 0 Å². The number of ether oxygens (including phenoxy) is 1. The van der Waals surface area contributed by atoms with Crippen LogP contribution in [-0.4, -0.2) is 90.2 Å². The molecule has 14 nitrogen and oxygen atoms in total. The smallest absolute Gasteiger partial charge is 0.417 e. The van der Waals surface area contributed by atoms with Crippen molar-refractivity contribution >= 4 is 63.9 Å². The maximum absolute atomic E-state index is 13.4. The molecule has 1 aromatic heterocycles. The Kier molecular flexibility index (Phi) is 13.6. The fourth-order valence-corrected chi connectivity index (χ4v) is 5.60. The van der Waals surface area contributed by atoms with E-state index in [1.807, 2.05) is 0 Å². The number of esters is 1. The summed E-state index contributed by atoms with van der Waals surface area (Å²) in [5.41, 5.74) is -2.76. The molecule has 3 rings (SSSR count). The number of hydrogen-bond acceptors (Lipinski definition) is 10. The van der Waals surface area contributed by atoms with E-state index in [-0.39, 0.29) is 48.9 Å². The molecule has 4 atom stereocenters. The number of fused-ring (bicyclic) bond motifs is 1. The number of alkyl halides is 3. The van der Waals surface area contributed by atoms with Crippen molar-refractivity contribution in [2.75, 3.05) is 31.0 Å². The van der Waals surface area contributed by atoms with Gasteiger partial charge in [0.25, 0.3) is 0 Å². The molecule has 1 aromatic carbocycles. The number of thioether (sulfide) groups is 1. The first-order valence-electron chi connectivity index (χ1n) is 15.3. The summed E-state index contributed by atoms with van der Waals surface area (Å²) in [6.07, 6.45) is -2.44. The zero-order valence-electron chi connectivity index (χ0n) is 27.2. The fourth-order valence-electron chi connectivity index (χ4n) is 5.13. The summed E-state index contributed by atoms with van der Waals surface area (Å²) in [6, 6.07) is -0.448. The number of hydrogen-bond donors (Lipinski definition) is 4. The molecule has 0 aliphatic carbocycles. The van der Waals surface area contributed by atoms with Crippen molar-refractivity contribution in [3.63, 3.8) is 0 Å². The Morgan fingerprint density at radius 3 is 2.39 bits per heavy atom. The van der Waals surface area contributed by atoms with Crippen LogP contribution in [0.25, 0.3) is 11.0 Å². The van der Waals surface area contributed by atoms with Crippen LogP contribution in [0.5, 0.6) is 0 Å². The Hall–Kier alpha value is -4.61. The second-order valence-electron chi connectivity index (χ2n) is 11.3. The van der Waals surface area contributed by atoms with Gasteiger partial charge in [0.15, 0.2) is 0 Å². The van der Waals surface area contributed by atoms with Crippen molar-refractivity contribution < 1.29 is 51.1 Å². The van der Waals surface area contributed by atoms with Gasteiger partial charge in [-0.05, 0) is 57.3 Å². The van der Waals surface area contributed by atoms with E-state index in [0.717, 1.165) is 12.1 Å². The molecule has 18 heteroatoms. The van der Waals surface area contributed by atoms with Crippen LogP contribution in [0, 0.1) is 0 Å². The molecule has 4 N–H and O–H groups in total. The molecule has 1 aliphatic rings. The van der Waals surface area contributed by atoms with Gasteiger partial charge in [-0.15, -0.1) is 0 Å². The van der Waals surface area contributed by atoms with Crippen molar-refractivity contribution in [1.29, 1.82) is 0 Å². The molecule has 0 unspecified atom stereocenters. The topological polar surface area (TPSA) is 193 Å². The van der Waals surface area contributed by atoms with Crippen molar-refractivity contribution in [3.8, 4) is 0 Å². The largest absolute Gasteiger partial charge is 0.469 e. The second kappa shape index (κ2) is 17.2. The molecule has 268 valence electrons. The minimum atomic E-state index is -4.81. The lowest BCUT2D eigenvalue weighted by molar-refractivity contribution is -0.142. The van der Waals surface area contributed by atoms with Crippen LogP contribution in [0.15, 0.2) is 33.5 Å². The number of nitrogens with one attached hydrogen (secondary N) is 4. The lowest BCUT2D eigenvalue weighted by atomic mass is 10.1. The van der Waals surface area contributed by atoms with Gasteiger partial charge in [-0.25, -0.2) is 4.79 Å². The summed E-state index contributed by atoms with van der Waals surface area (Å²) in [4.78, 5) is 89.0. The summed E-state index contributed by atoms with van der Waals surface area (Å²) in [5.74, 6) is -3.22. The quantitative estimate of drug-likeness (QED) is 0.166. The third kappa shape index (κ3) is 10.7. The Balaban J connectivity index is 1.65. The van der Waals surface area contributed by atoms with Crippen LogP contribution in [-0.2, 0) is 39.7 Å². The lowest BCUT2D eigenvalue weighted by Crippen LogP contribution is -2.56. The van der Waals surface area contributed by atoms with Gasteiger partial charge in [0, 0.05) is 36.2 Å². The number of likely N-dealkylation sites (tertiary alicyclic amines) is 1. The summed E-state index contributed by atoms with van der Waals surface area (Å²) >= 11 is 1.41. The van der Waals surface area contributed by atoms with Crippen LogP contribution in [0.2, 0.25) is 0 Å². The minimum absolute atomic E-state index is 0.0273. The van der Waals surface area contributed by atoms with Gasteiger partial charge >= 0.3 is 17.8 Å². The highest BCUT2D eigenvalue weighted by Crippen LogP contribution is 2.34. The number of carbonyl (C=O) groups is 6. The van der Waals surface area contributed by atoms with E-state index in [0.29, 0.717) is 18.2 Å². The number of amides is 5. The molecular formula is C31H38F3N5O9S. The number of benzene rings is 1. The normalized spacial score (nSPS) is 16.3. The summed E-state index contributed by atoms with van der Waals surface area (Å²) in [7, 11) is 1.18. The Bertz CT molecular complexity index is 1630. The predicted octanol–water partition coefficient (Wildman–Crippen LogP) is 1.94. The van der Waals surface area contributed by atoms with Crippen molar-refractivity contribution in [1.82, 2.24) is 20.9 Å². The van der Waals surface area contributed by atoms with Crippen LogP contribution in [0.1, 0.15) is 51.5 Å². The minimum Gasteiger partial charge on any atom is -0.469 e. The van der Waals surface area contributed by atoms with E-state index < -0.39 is 77.0 Å². The molecule has 1 saturated heterocycles. The standard InChI is InChI=1S/C31H38F3N5O9S/c1-16(35-24(40)9-10-25(41)47-3)27(43)36-17(2)30(46)39-12-5-6-22(39)29(45)38-21(11-13-49-4)28(44)37-18-7-8-19-20(31(32,33)34)15-26(42)48-23(19)14-18/h7-8,14-17,21-22H,5-6,9-13H2,1-4H3,(H,35,40)(H,36,43)(H,37,44)(H,38,45)/t16-,17-,21-,22-/m0/s1. The first kappa shape index (κ1) is 38.8. The van der Waals surface area contributed by atoms with Gasteiger partial charge in [0.05, 0.1) is 19.1 Å². The number of methoxy groups -OCH3 is 1. The Morgan fingerprint density at radius 1 is 1.02 bits per heavy atom. The van der Waals surface area contributed by atoms with E-state index in [2.05, 4.69) is 26.0 Å². The maximum atomic E-state index is 13.4. The van der Waals surface area contributed by atoms with Crippen molar-refractivity contribution in [3.05, 3.63) is 40.2 Å². The third-order valence-electron chi connectivity index (χ3n) is 7.68. The van der Waals surface area contributed by atoms with Gasteiger partial charge < -0.3 is 35.3 Å². The SMILES string of the molecule is COC(=O)CCC(=O)N[C@@H](C)C(=O)N[C@@H](C)C(=O)N1CCC[C@H]1C(=O)N[C@@H](CCSC)C(=O)Nc1ccc2c(C(F)(F)F)cc(=O)oc2c1. The number of rotatable bonds is 14. The lowest BCUT2D eigenvalue weighted by Gasteiger charge is -2.29. The van der Waals surface area contributed by atoms with E-state index in [9.17, 15) is 46.7 Å². The maximum Gasteiger partial charge on any atom is 0.417 e. The summed E-state index contributed by atoms with van der Waals surface area (Å²) in [6.45, 7) is 3.04. The molecular weight excluding hydrogens is 675 g/mol. The molecule has 2 aromatic rings. The first-order chi connectivity index (χ1) is 23.0. The molecule has 1 aliphatic heterocycles. The number of nitrogens with zero attached hydrogens (tertiary/aromatic N) is 1. The van der Waals surface area contributed by atoms with Gasteiger partial charge in [-0.1, -0.05) is 0 Å². The van der Waals surface area contributed by atoms with E-state index >= 15 is 0 Å². The van der Waals surface area contributed by atoms with Gasteiger partial charge in [-0.2, -0.15) is 24.9 Å². The van der Waals surface area contributed by atoms with Crippen molar-refractivity contribution in [2.45, 2.75) is 76.3 Å². The highest BCUT2D eigenvalue weighted by atomic mass is 32.2.